The van der Waals surface area contributed by atoms with E-state index in [0.717, 1.165) is 43.1 Å². The van der Waals surface area contributed by atoms with Crippen molar-refractivity contribution in [1.29, 1.82) is 0 Å². The molecule has 0 atom stereocenters. The number of rotatable bonds is 2. The number of benzene rings is 8. The third kappa shape index (κ3) is 5.36. The van der Waals surface area contributed by atoms with Gasteiger partial charge in [0.2, 0.25) is 0 Å². The molecule has 0 aliphatic heterocycles. The zero-order valence-electron chi connectivity index (χ0n) is 24.1. The molecular formula is C40H28O4Ti. The molecule has 0 aliphatic carbocycles. The van der Waals surface area contributed by atoms with Crippen molar-refractivity contribution < 1.29 is 42.1 Å². The molecule has 0 unspecified atom stereocenters. The Morgan fingerprint density at radius 2 is 0.444 bits per heavy atom. The quantitative estimate of drug-likeness (QED) is 0.145. The van der Waals surface area contributed by atoms with Crippen LogP contribution in [0, 0.1) is 0 Å². The fraction of sp³-hybridized carbons (Fsp3) is 0. The number of hydrogen-bond acceptors (Lipinski definition) is 4. The normalized spacial score (nSPS) is 10.8. The molecule has 0 saturated carbocycles. The maximum atomic E-state index is 10.4. The van der Waals surface area contributed by atoms with Gasteiger partial charge in [-0.05, 0) is 67.4 Å². The van der Waals surface area contributed by atoms with E-state index < -0.39 is 0 Å². The van der Waals surface area contributed by atoms with Gasteiger partial charge in [-0.25, -0.2) is 0 Å². The predicted octanol–water partition coefficient (Wildman–Crippen LogP) is 10.1. The van der Waals surface area contributed by atoms with E-state index in [0.29, 0.717) is 22.3 Å². The van der Waals surface area contributed by atoms with Gasteiger partial charge in [-0.1, -0.05) is 121 Å². The first-order chi connectivity index (χ1) is 21.5. The first kappa shape index (κ1) is 29.8. The number of phenols is 4. The standard InChI is InChI=1S/2C20H14O2.Ti/c2*21-17-11-9-13-5-1-3-7-15(13)19(17)20-16-8-4-2-6-14(16)10-12-18(20)22;/h2*1-12,21-22H;. The summed E-state index contributed by atoms with van der Waals surface area (Å²) < 4.78 is 0. The minimum Gasteiger partial charge on any atom is -0.507 e. The van der Waals surface area contributed by atoms with Crippen molar-refractivity contribution in [1.82, 2.24) is 0 Å². The Morgan fingerprint density at radius 1 is 0.244 bits per heavy atom. The fourth-order valence-electron chi connectivity index (χ4n) is 6.09. The average molecular weight is 621 g/mol. The summed E-state index contributed by atoms with van der Waals surface area (Å²) in [5.74, 6) is 0.686. The molecule has 0 heterocycles. The second kappa shape index (κ2) is 12.4. The summed E-state index contributed by atoms with van der Waals surface area (Å²) in [6, 6.07) is 45.7. The number of fused-ring (bicyclic) bond motifs is 4. The van der Waals surface area contributed by atoms with Crippen LogP contribution < -0.4 is 0 Å². The molecule has 0 spiro atoms. The van der Waals surface area contributed by atoms with Crippen molar-refractivity contribution in [2.24, 2.45) is 0 Å². The summed E-state index contributed by atoms with van der Waals surface area (Å²) in [6.07, 6.45) is 0. The third-order valence-corrected chi connectivity index (χ3v) is 8.13. The van der Waals surface area contributed by atoms with Crippen molar-refractivity contribution >= 4 is 43.1 Å². The third-order valence-electron chi connectivity index (χ3n) is 8.13. The Balaban J connectivity index is 0.000000155. The van der Waals surface area contributed by atoms with Crippen LogP contribution in [0.1, 0.15) is 0 Å². The smallest absolute Gasteiger partial charge is 0.124 e. The minimum absolute atomic E-state index is 0. The first-order valence-electron chi connectivity index (χ1n) is 14.3. The molecule has 4 nitrogen and oxygen atoms in total. The first-order valence-corrected chi connectivity index (χ1v) is 14.3. The maximum Gasteiger partial charge on any atom is 0.124 e. The van der Waals surface area contributed by atoms with Crippen LogP contribution in [0.15, 0.2) is 146 Å². The van der Waals surface area contributed by atoms with E-state index >= 15 is 0 Å². The molecule has 8 rings (SSSR count). The van der Waals surface area contributed by atoms with Crippen LogP contribution in [0.4, 0.5) is 0 Å². The summed E-state index contributed by atoms with van der Waals surface area (Å²) in [7, 11) is 0. The second-order valence-electron chi connectivity index (χ2n) is 10.7. The SMILES string of the molecule is Oc1ccc2ccccc2c1-c1c(O)ccc2ccccc12.Oc1ccc2ccccc2c1-c1c(O)ccc2ccccc12.[Ti]. The Bertz CT molecular complexity index is 2010. The van der Waals surface area contributed by atoms with Gasteiger partial charge in [0.25, 0.3) is 0 Å². The van der Waals surface area contributed by atoms with Gasteiger partial charge >= 0.3 is 0 Å². The molecule has 4 N–H and O–H groups in total. The minimum atomic E-state index is 0. The molecule has 45 heavy (non-hydrogen) atoms. The number of hydrogen-bond donors (Lipinski definition) is 4. The van der Waals surface area contributed by atoms with E-state index in [-0.39, 0.29) is 44.7 Å². The van der Waals surface area contributed by atoms with Gasteiger partial charge < -0.3 is 20.4 Å². The van der Waals surface area contributed by atoms with Crippen LogP contribution in [0.25, 0.3) is 65.3 Å². The van der Waals surface area contributed by atoms with Gasteiger partial charge in [-0.3, -0.25) is 0 Å². The van der Waals surface area contributed by atoms with Crippen molar-refractivity contribution in [2.45, 2.75) is 0 Å². The number of aromatic hydroxyl groups is 4. The Labute approximate surface area is 275 Å². The van der Waals surface area contributed by atoms with E-state index in [1.54, 1.807) is 24.3 Å². The van der Waals surface area contributed by atoms with Crippen LogP contribution in [0.2, 0.25) is 0 Å². The van der Waals surface area contributed by atoms with Crippen molar-refractivity contribution in [3.8, 4) is 45.3 Å². The molecule has 216 valence electrons. The predicted molar refractivity (Wildman–Crippen MR) is 180 cm³/mol. The van der Waals surface area contributed by atoms with Crippen molar-refractivity contribution in [3.63, 3.8) is 0 Å². The molecular weight excluding hydrogens is 592 g/mol. The molecule has 5 heteroatoms. The van der Waals surface area contributed by atoms with Gasteiger partial charge in [0.1, 0.15) is 23.0 Å². The van der Waals surface area contributed by atoms with Gasteiger partial charge in [0, 0.05) is 44.0 Å². The van der Waals surface area contributed by atoms with E-state index in [1.165, 1.54) is 0 Å². The van der Waals surface area contributed by atoms with Gasteiger partial charge in [0.15, 0.2) is 0 Å². The zero-order chi connectivity index (χ0) is 30.2. The zero-order valence-corrected chi connectivity index (χ0v) is 25.7. The average Bonchev–Trinajstić information content (AvgIpc) is 3.06. The molecule has 0 amide bonds. The molecule has 0 fully saturated rings. The summed E-state index contributed by atoms with van der Waals surface area (Å²) >= 11 is 0. The monoisotopic (exact) mass is 620 g/mol. The largest absolute Gasteiger partial charge is 0.507 e. The molecule has 0 bridgehead atoms. The van der Waals surface area contributed by atoms with Crippen LogP contribution >= 0.6 is 0 Å². The van der Waals surface area contributed by atoms with Crippen molar-refractivity contribution in [2.75, 3.05) is 0 Å². The molecule has 0 aliphatic rings. The molecule has 0 aromatic heterocycles. The van der Waals surface area contributed by atoms with Crippen LogP contribution in [-0.2, 0) is 21.7 Å². The van der Waals surface area contributed by atoms with Gasteiger partial charge in [-0.15, -0.1) is 0 Å². The van der Waals surface area contributed by atoms with Crippen LogP contribution in [-0.4, -0.2) is 20.4 Å². The van der Waals surface area contributed by atoms with Crippen molar-refractivity contribution in [3.05, 3.63) is 146 Å². The summed E-state index contributed by atoms with van der Waals surface area (Å²) in [5, 5.41) is 49.6. The van der Waals surface area contributed by atoms with E-state index in [4.69, 9.17) is 0 Å². The van der Waals surface area contributed by atoms with E-state index in [2.05, 4.69) is 0 Å². The van der Waals surface area contributed by atoms with Gasteiger partial charge in [-0.2, -0.15) is 0 Å². The van der Waals surface area contributed by atoms with E-state index in [9.17, 15) is 20.4 Å². The summed E-state index contributed by atoms with van der Waals surface area (Å²) in [4.78, 5) is 0. The molecule has 8 aromatic rings. The number of phenolic OH excluding ortho intramolecular Hbond substituents is 4. The fourth-order valence-corrected chi connectivity index (χ4v) is 6.09. The van der Waals surface area contributed by atoms with Crippen LogP contribution in [0.3, 0.4) is 0 Å². The summed E-state index contributed by atoms with van der Waals surface area (Å²) in [6.45, 7) is 0. The van der Waals surface area contributed by atoms with Gasteiger partial charge in [0.05, 0.1) is 0 Å². The van der Waals surface area contributed by atoms with E-state index in [1.807, 2.05) is 121 Å². The molecule has 8 aromatic carbocycles. The van der Waals surface area contributed by atoms with Crippen LogP contribution in [0.5, 0.6) is 23.0 Å². The second-order valence-corrected chi connectivity index (χ2v) is 10.7. The Kier molecular flexibility index (Phi) is 8.19. The Hall–Kier alpha value is -5.29. The molecule has 0 radical (unpaired) electrons. The summed E-state index contributed by atoms with van der Waals surface area (Å²) in [5.41, 5.74) is 2.69. The maximum absolute atomic E-state index is 10.4. The Morgan fingerprint density at radius 3 is 0.667 bits per heavy atom. The molecule has 0 saturated heterocycles. The topological polar surface area (TPSA) is 80.9 Å².